The zero-order chi connectivity index (χ0) is 21.2. The van der Waals surface area contributed by atoms with Gasteiger partial charge in [0.1, 0.15) is 0 Å². The first-order valence-electron chi connectivity index (χ1n) is 8.90. The van der Waals surface area contributed by atoms with Crippen LogP contribution >= 0.6 is 0 Å². The molecule has 3 rings (SSSR count). The van der Waals surface area contributed by atoms with Gasteiger partial charge in [-0.3, -0.25) is 9.52 Å². The van der Waals surface area contributed by atoms with Crippen molar-refractivity contribution in [3.63, 3.8) is 0 Å². The van der Waals surface area contributed by atoms with Crippen LogP contribution in [0, 0.1) is 13.8 Å². The Hall–Kier alpha value is -3.20. The summed E-state index contributed by atoms with van der Waals surface area (Å²) in [6, 6.07) is 12.7. The van der Waals surface area contributed by atoms with Crippen molar-refractivity contribution in [2.75, 3.05) is 4.72 Å². The summed E-state index contributed by atoms with van der Waals surface area (Å²) >= 11 is 0. The standard InChI is InChI=1S/C20H22N4O4S/c1-13-5-9-16(10-6-13)24-29(26,27)17-11-7-15(8-12-17)18(25)22-20(3,4)19-21-14(2)28-23-19/h5-12,24H,1-4H3,(H,22,25). The highest BCUT2D eigenvalue weighted by Gasteiger charge is 2.28. The number of carbonyl (C=O) groups excluding carboxylic acids is 1. The van der Waals surface area contributed by atoms with Crippen LogP contribution in [0.3, 0.4) is 0 Å². The number of rotatable bonds is 6. The van der Waals surface area contributed by atoms with Gasteiger partial charge in [0.25, 0.3) is 15.9 Å². The van der Waals surface area contributed by atoms with Crippen molar-refractivity contribution in [2.24, 2.45) is 0 Å². The van der Waals surface area contributed by atoms with Gasteiger partial charge >= 0.3 is 0 Å². The minimum Gasteiger partial charge on any atom is -0.340 e. The normalized spacial score (nSPS) is 11.9. The molecule has 2 N–H and O–H groups in total. The van der Waals surface area contributed by atoms with Crippen LogP contribution in [-0.2, 0) is 15.6 Å². The lowest BCUT2D eigenvalue weighted by Gasteiger charge is -2.22. The van der Waals surface area contributed by atoms with E-state index in [0.29, 0.717) is 23.0 Å². The Labute approximate surface area is 169 Å². The molecule has 3 aromatic rings. The minimum absolute atomic E-state index is 0.0580. The van der Waals surface area contributed by atoms with Gasteiger partial charge in [0, 0.05) is 18.2 Å². The van der Waals surface area contributed by atoms with Crippen molar-refractivity contribution < 1.29 is 17.7 Å². The summed E-state index contributed by atoms with van der Waals surface area (Å²) in [5, 5.41) is 6.65. The van der Waals surface area contributed by atoms with Gasteiger partial charge < -0.3 is 9.84 Å². The summed E-state index contributed by atoms with van der Waals surface area (Å²) in [7, 11) is -3.76. The number of anilines is 1. The number of nitrogens with one attached hydrogen (secondary N) is 2. The van der Waals surface area contributed by atoms with Crippen molar-refractivity contribution in [3.05, 3.63) is 71.4 Å². The maximum Gasteiger partial charge on any atom is 0.261 e. The van der Waals surface area contributed by atoms with E-state index in [-0.39, 0.29) is 10.8 Å². The fourth-order valence-electron chi connectivity index (χ4n) is 2.59. The second-order valence-electron chi connectivity index (χ2n) is 7.21. The molecular weight excluding hydrogens is 392 g/mol. The number of amides is 1. The van der Waals surface area contributed by atoms with Gasteiger partial charge in [-0.2, -0.15) is 4.98 Å². The van der Waals surface area contributed by atoms with E-state index in [9.17, 15) is 13.2 Å². The summed E-state index contributed by atoms with van der Waals surface area (Å²) in [5.74, 6) is 0.371. The zero-order valence-electron chi connectivity index (χ0n) is 16.6. The Morgan fingerprint density at radius 3 is 2.17 bits per heavy atom. The average Bonchev–Trinajstić information content (AvgIpc) is 3.11. The number of aryl methyl sites for hydroxylation is 2. The minimum atomic E-state index is -3.76. The molecule has 1 aromatic heterocycles. The van der Waals surface area contributed by atoms with Crippen LogP contribution in [0.2, 0.25) is 0 Å². The molecule has 152 valence electrons. The molecule has 0 saturated heterocycles. The summed E-state index contributed by atoms with van der Waals surface area (Å²) in [4.78, 5) is 16.8. The highest BCUT2D eigenvalue weighted by atomic mass is 32.2. The first kappa shape index (κ1) is 20.5. The lowest BCUT2D eigenvalue weighted by molar-refractivity contribution is 0.0907. The number of nitrogens with zero attached hydrogens (tertiary/aromatic N) is 2. The molecule has 1 heterocycles. The second-order valence-corrected chi connectivity index (χ2v) is 8.89. The summed E-state index contributed by atoms with van der Waals surface area (Å²) < 4.78 is 32.6. The monoisotopic (exact) mass is 414 g/mol. The predicted octanol–water partition coefficient (Wildman–Crippen LogP) is 3.15. The smallest absolute Gasteiger partial charge is 0.261 e. The topological polar surface area (TPSA) is 114 Å². The quantitative estimate of drug-likeness (QED) is 0.640. The van der Waals surface area contributed by atoms with Crippen LogP contribution in [0.5, 0.6) is 0 Å². The maximum absolute atomic E-state index is 12.6. The molecule has 0 unspecified atom stereocenters. The number of hydrogen-bond acceptors (Lipinski definition) is 6. The Balaban J connectivity index is 1.73. The molecule has 0 aliphatic heterocycles. The van der Waals surface area contributed by atoms with E-state index in [0.717, 1.165) is 5.56 Å². The van der Waals surface area contributed by atoms with E-state index >= 15 is 0 Å². The van der Waals surface area contributed by atoms with Crippen LogP contribution in [0.1, 0.15) is 41.5 Å². The van der Waals surface area contributed by atoms with Crippen LogP contribution in [0.15, 0.2) is 57.9 Å². The zero-order valence-corrected chi connectivity index (χ0v) is 17.4. The molecule has 0 aliphatic carbocycles. The van der Waals surface area contributed by atoms with Crippen molar-refractivity contribution in [3.8, 4) is 0 Å². The number of aromatic nitrogens is 2. The number of sulfonamides is 1. The highest BCUT2D eigenvalue weighted by Crippen LogP contribution is 2.20. The molecule has 0 aliphatic rings. The van der Waals surface area contributed by atoms with Gasteiger partial charge in [0.15, 0.2) is 5.82 Å². The van der Waals surface area contributed by atoms with Gasteiger partial charge in [-0.1, -0.05) is 22.9 Å². The molecule has 0 fully saturated rings. The van der Waals surface area contributed by atoms with Gasteiger partial charge in [-0.15, -0.1) is 0 Å². The molecule has 0 saturated carbocycles. The lowest BCUT2D eigenvalue weighted by atomic mass is 10.0. The van der Waals surface area contributed by atoms with Gasteiger partial charge in [-0.25, -0.2) is 8.42 Å². The van der Waals surface area contributed by atoms with E-state index in [1.54, 1.807) is 32.9 Å². The number of benzene rings is 2. The molecule has 2 aromatic carbocycles. The van der Waals surface area contributed by atoms with Crippen molar-refractivity contribution in [1.82, 2.24) is 15.5 Å². The lowest BCUT2D eigenvalue weighted by Crippen LogP contribution is -2.41. The first-order valence-corrected chi connectivity index (χ1v) is 10.4. The molecule has 1 amide bonds. The van der Waals surface area contributed by atoms with Gasteiger partial charge in [0.2, 0.25) is 5.89 Å². The average molecular weight is 414 g/mol. The fraction of sp³-hybridized carbons (Fsp3) is 0.250. The third kappa shape index (κ3) is 4.80. The molecule has 0 atom stereocenters. The van der Waals surface area contributed by atoms with Crippen LogP contribution < -0.4 is 10.0 Å². The Morgan fingerprint density at radius 1 is 1.00 bits per heavy atom. The fourth-order valence-corrected chi connectivity index (χ4v) is 3.64. The van der Waals surface area contributed by atoms with Crippen molar-refractivity contribution >= 4 is 21.6 Å². The third-order valence-electron chi connectivity index (χ3n) is 4.24. The van der Waals surface area contributed by atoms with Gasteiger partial charge in [0.05, 0.1) is 10.4 Å². The largest absolute Gasteiger partial charge is 0.340 e. The number of hydrogen-bond donors (Lipinski definition) is 2. The molecule has 0 radical (unpaired) electrons. The van der Waals surface area contributed by atoms with E-state index in [4.69, 9.17) is 4.52 Å². The molecular formula is C20H22N4O4S. The first-order chi connectivity index (χ1) is 13.6. The van der Waals surface area contributed by atoms with E-state index in [2.05, 4.69) is 20.2 Å². The summed E-state index contributed by atoms with van der Waals surface area (Å²) in [6.07, 6.45) is 0. The van der Waals surface area contributed by atoms with Crippen LogP contribution in [0.4, 0.5) is 5.69 Å². The van der Waals surface area contributed by atoms with Crippen LogP contribution in [-0.4, -0.2) is 24.5 Å². The Bertz CT molecular complexity index is 1120. The Morgan fingerprint density at radius 2 is 1.62 bits per heavy atom. The van der Waals surface area contributed by atoms with Crippen molar-refractivity contribution in [1.29, 1.82) is 0 Å². The summed E-state index contributed by atoms with van der Waals surface area (Å²) in [5.41, 5.74) is 0.955. The van der Waals surface area contributed by atoms with Crippen LogP contribution in [0.25, 0.3) is 0 Å². The molecule has 29 heavy (non-hydrogen) atoms. The SMILES string of the molecule is Cc1ccc(NS(=O)(=O)c2ccc(C(=O)NC(C)(C)c3noc(C)n3)cc2)cc1. The second kappa shape index (κ2) is 7.67. The predicted molar refractivity (Wildman–Crippen MR) is 108 cm³/mol. The van der Waals surface area contributed by atoms with E-state index < -0.39 is 15.6 Å². The molecule has 9 heteroatoms. The summed E-state index contributed by atoms with van der Waals surface area (Å²) in [6.45, 7) is 7.08. The van der Waals surface area contributed by atoms with Gasteiger partial charge in [-0.05, 0) is 57.2 Å². The van der Waals surface area contributed by atoms with E-state index in [1.807, 2.05) is 19.1 Å². The molecule has 8 nitrogen and oxygen atoms in total. The van der Waals surface area contributed by atoms with Crippen molar-refractivity contribution in [2.45, 2.75) is 38.1 Å². The number of carbonyl (C=O) groups is 1. The Kier molecular flexibility index (Phi) is 5.43. The third-order valence-corrected chi connectivity index (χ3v) is 5.64. The highest BCUT2D eigenvalue weighted by molar-refractivity contribution is 7.92. The molecule has 0 spiro atoms. The molecule has 0 bridgehead atoms. The maximum atomic E-state index is 12.6. The van der Waals surface area contributed by atoms with E-state index in [1.165, 1.54) is 24.3 Å².